The number of allylic oxidation sites excluding steroid dienone is 2. The molecule has 1 nitrogen and oxygen atoms in total. The highest BCUT2D eigenvalue weighted by Gasteiger charge is 2.30. The van der Waals surface area contributed by atoms with Crippen LogP contribution in [-0.4, -0.2) is 12.9 Å². The van der Waals surface area contributed by atoms with Gasteiger partial charge in [-0.3, -0.25) is 0 Å². The van der Waals surface area contributed by atoms with Crippen molar-refractivity contribution in [2.24, 2.45) is 0 Å². The van der Waals surface area contributed by atoms with Gasteiger partial charge in [0.2, 0.25) is 0 Å². The topological polar surface area (TPSA) is 12.0 Å². The van der Waals surface area contributed by atoms with Crippen molar-refractivity contribution < 1.29 is 0 Å². The lowest BCUT2D eigenvalue weighted by atomic mass is 9.64. The third-order valence-electron chi connectivity index (χ3n) is 1.31. The number of rotatable bonds is 2. The molecule has 60 valence electrons. The summed E-state index contributed by atoms with van der Waals surface area (Å²) in [6.07, 6.45) is 5.72. The molecule has 6 heteroatoms. The lowest BCUT2D eigenvalue weighted by molar-refractivity contribution is 1.30. The Bertz CT molecular complexity index is 189. The van der Waals surface area contributed by atoms with E-state index in [9.17, 15) is 0 Å². The van der Waals surface area contributed by atoms with E-state index in [1.54, 1.807) is 0 Å². The van der Waals surface area contributed by atoms with E-state index in [1.807, 2.05) is 24.3 Å². The average Bonchev–Trinajstić information content (AvgIpc) is 1.85. The van der Waals surface area contributed by atoms with Gasteiger partial charge in [-0.25, -0.2) is 0 Å². The highest BCUT2D eigenvalue weighted by molar-refractivity contribution is 7.66. The smallest absolute Gasteiger partial charge is 0.337 e. The normalized spacial score (nSPS) is 16.8. The minimum atomic E-state index is -2.48. The third kappa shape index (κ3) is 4.11. The van der Waals surface area contributed by atoms with Gasteiger partial charge in [0.05, 0.1) is 0 Å². The first-order valence-electron chi connectivity index (χ1n) is 3.24. The van der Waals surface area contributed by atoms with Crippen LogP contribution in [0, 0.1) is 0 Å². The van der Waals surface area contributed by atoms with Gasteiger partial charge in [0.1, 0.15) is 0 Å². The SMILES string of the molecule is Cl[Si](Cl)(Cl)CB1C=CC=CN1. The molecule has 0 fully saturated rings. The summed E-state index contributed by atoms with van der Waals surface area (Å²) in [4.78, 5) is 0. The Balaban J connectivity index is 2.39. The molecule has 0 atom stereocenters. The molecule has 1 heterocycles. The minimum Gasteiger partial charge on any atom is -0.430 e. The van der Waals surface area contributed by atoms with Crippen molar-refractivity contribution in [3.63, 3.8) is 0 Å². The summed E-state index contributed by atoms with van der Waals surface area (Å²) in [6, 6.07) is -2.48. The summed E-state index contributed by atoms with van der Waals surface area (Å²) in [6.45, 7) is 0.194. The molecule has 0 spiro atoms. The van der Waals surface area contributed by atoms with Crippen molar-refractivity contribution in [1.82, 2.24) is 5.23 Å². The molecule has 0 amide bonds. The van der Waals surface area contributed by atoms with Gasteiger partial charge in [-0.2, -0.15) is 0 Å². The molecule has 0 radical (unpaired) electrons. The van der Waals surface area contributed by atoms with Crippen LogP contribution in [0.1, 0.15) is 0 Å². The Morgan fingerprint density at radius 1 is 1.27 bits per heavy atom. The molecular formula is C5H7BCl3NSi. The van der Waals surface area contributed by atoms with Gasteiger partial charge >= 0.3 is 6.00 Å². The lowest BCUT2D eigenvalue weighted by Gasteiger charge is -2.14. The molecule has 1 aliphatic heterocycles. The number of hydrogen-bond acceptors (Lipinski definition) is 1. The minimum absolute atomic E-state index is 0.194. The van der Waals surface area contributed by atoms with Crippen LogP contribution in [0.5, 0.6) is 0 Å². The summed E-state index contributed by atoms with van der Waals surface area (Å²) >= 11 is 17.2. The monoisotopic (exact) mass is 225 g/mol. The van der Waals surface area contributed by atoms with Gasteiger partial charge in [0, 0.05) is 0 Å². The van der Waals surface area contributed by atoms with Crippen LogP contribution in [0.2, 0.25) is 5.94 Å². The van der Waals surface area contributed by atoms with Crippen LogP contribution >= 0.6 is 33.2 Å². The predicted octanol–water partition coefficient (Wildman–Crippen LogP) is 2.38. The quantitative estimate of drug-likeness (QED) is 0.563. The van der Waals surface area contributed by atoms with E-state index in [-0.39, 0.29) is 6.85 Å². The predicted molar refractivity (Wildman–Crippen MR) is 55.3 cm³/mol. The molecule has 1 N–H and O–H groups in total. The highest BCUT2D eigenvalue weighted by Crippen LogP contribution is 2.25. The van der Waals surface area contributed by atoms with Crippen LogP contribution in [-0.2, 0) is 0 Å². The molecule has 0 aromatic rings. The number of nitrogens with one attached hydrogen (secondary N) is 1. The maximum absolute atomic E-state index is 5.74. The Morgan fingerprint density at radius 2 is 2.00 bits per heavy atom. The van der Waals surface area contributed by atoms with Crippen molar-refractivity contribution in [2.75, 3.05) is 0 Å². The van der Waals surface area contributed by atoms with Crippen molar-refractivity contribution in [2.45, 2.75) is 5.94 Å². The van der Waals surface area contributed by atoms with E-state index in [4.69, 9.17) is 33.2 Å². The second kappa shape index (κ2) is 3.90. The Kier molecular flexibility index (Phi) is 3.37. The van der Waals surface area contributed by atoms with Gasteiger partial charge in [-0.15, -0.1) is 33.2 Å². The van der Waals surface area contributed by atoms with Crippen molar-refractivity contribution >= 4 is 46.1 Å². The standard InChI is InChI=1S/C5H7BCl3NSi/c7-11(8,9)5-6-3-1-2-4-10-6/h1-4,10H,5H2. The van der Waals surface area contributed by atoms with Gasteiger partial charge < -0.3 is 5.23 Å². The van der Waals surface area contributed by atoms with Crippen LogP contribution < -0.4 is 5.23 Å². The van der Waals surface area contributed by atoms with Crippen LogP contribution in [0.4, 0.5) is 0 Å². The maximum Gasteiger partial charge on any atom is 0.337 e. The molecule has 0 saturated carbocycles. The van der Waals surface area contributed by atoms with Crippen molar-refractivity contribution in [3.8, 4) is 0 Å². The zero-order chi connectivity index (χ0) is 8.32. The highest BCUT2D eigenvalue weighted by atomic mass is 35.8. The number of halogens is 3. The molecule has 0 aromatic heterocycles. The molecule has 0 unspecified atom stereocenters. The first-order chi connectivity index (χ1) is 5.08. The molecule has 0 aliphatic carbocycles. The Labute approximate surface area is 81.6 Å². The second-order valence-electron chi connectivity index (χ2n) is 2.34. The van der Waals surface area contributed by atoms with Gasteiger partial charge in [0.25, 0.3) is 6.85 Å². The molecule has 0 saturated heterocycles. The fourth-order valence-electron chi connectivity index (χ4n) is 0.865. The fraction of sp³-hybridized carbons (Fsp3) is 0.200. The summed E-state index contributed by atoms with van der Waals surface area (Å²) in [5, 5.41) is 3.09. The Morgan fingerprint density at radius 3 is 2.45 bits per heavy atom. The molecule has 1 aliphatic rings. The van der Waals surface area contributed by atoms with E-state index in [0.717, 1.165) is 0 Å². The van der Waals surface area contributed by atoms with Gasteiger partial charge in [0.15, 0.2) is 0 Å². The largest absolute Gasteiger partial charge is 0.430 e. The summed E-state index contributed by atoms with van der Waals surface area (Å²) < 4.78 is 0. The van der Waals surface area contributed by atoms with E-state index in [1.165, 1.54) is 0 Å². The van der Waals surface area contributed by atoms with Gasteiger partial charge in [-0.1, -0.05) is 12.1 Å². The third-order valence-corrected chi connectivity index (χ3v) is 3.60. The molecular weight excluding hydrogens is 219 g/mol. The lowest BCUT2D eigenvalue weighted by Crippen LogP contribution is -2.34. The number of hydrogen-bond donors (Lipinski definition) is 1. The van der Waals surface area contributed by atoms with Crippen LogP contribution in [0.25, 0.3) is 0 Å². The summed E-state index contributed by atoms with van der Waals surface area (Å²) in [5.41, 5.74) is 0. The van der Waals surface area contributed by atoms with E-state index < -0.39 is 6.00 Å². The zero-order valence-electron chi connectivity index (χ0n) is 5.73. The first kappa shape index (κ1) is 9.52. The molecule has 0 bridgehead atoms. The zero-order valence-corrected chi connectivity index (χ0v) is 9.00. The molecule has 1 rings (SSSR count). The maximum atomic E-state index is 5.74. The second-order valence-corrected chi connectivity index (χ2v) is 11.5. The summed E-state index contributed by atoms with van der Waals surface area (Å²) in [5.74, 6) is 2.62. The molecule has 11 heavy (non-hydrogen) atoms. The van der Waals surface area contributed by atoms with Gasteiger partial charge in [-0.05, 0) is 18.2 Å². The Hall–Kier alpha value is 0.432. The van der Waals surface area contributed by atoms with Crippen molar-refractivity contribution in [3.05, 3.63) is 24.3 Å². The van der Waals surface area contributed by atoms with E-state index in [2.05, 4.69) is 5.23 Å². The molecule has 0 aromatic carbocycles. The van der Waals surface area contributed by atoms with Crippen molar-refractivity contribution in [1.29, 1.82) is 0 Å². The van der Waals surface area contributed by atoms with Crippen LogP contribution in [0.15, 0.2) is 24.3 Å². The van der Waals surface area contributed by atoms with Crippen LogP contribution in [0.3, 0.4) is 0 Å². The van der Waals surface area contributed by atoms with E-state index >= 15 is 0 Å². The average molecular weight is 226 g/mol. The first-order valence-corrected chi connectivity index (χ1v) is 8.48. The van der Waals surface area contributed by atoms with E-state index in [0.29, 0.717) is 5.94 Å². The summed E-state index contributed by atoms with van der Waals surface area (Å²) in [7, 11) is 0. The fourth-order valence-corrected chi connectivity index (χ4v) is 3.11.